The summed E-state index contributed by atoms with van der Waals surface area (Å²) in [4.78, 5) is 3.10. The standard InChI is InChI=1S/C8H8ClF3N2O2S/c1-5(8(10,11)12)14-17(15,16)6-2-3-7(9)13-4-6/h2-5,14H,1H3. The van der Waals surface area contributed by atoms with Crippen LogP contribution in [0.15, 0.2) is 23.2 Å². The zero-order chi connectivity index (χ0) is 13.3. The zero-order valence-electron chi connectivity index (χ0n) is 8.49. The van der Waals surface area contributed by atoms with Crippen molar-refractivity contribution in [2.45, 2.75) is 24.0 Å². The second-order valence-corrected chi connectivity index (χ2v) is 5.30. The van der Waals surface area contributed by atoms with Crippen molar-refractivity contribution in [2.75, 3.05) is 0 Å². The van der Waals surface area contributed by atoms with Gasteiger partial charge in [0.05, 0.1) is 0 Å². The Bertz CT molecular complexity index is 486. The van der Waals surface area contributed by atoms with Gasteiger partial charge in [0.1, 0.15) is 16.1 Å². The number of nitrogens with zero attached hydrogens (tertiary/aromatic N) is 1. The molecule has 96 valence electrons. The maximum absolute atomic E-state index is 12.2. The molecule has 4 nitrogen and oxygen atoms in total. The molecule has 0 aliphatic rings. The van der Waals surface area contributed by atoms with E-state index in [-0.39, 0.29) is 10.0 Å². The molecule has 0 spiro atoms. The molecule has 0 fully saturated rings. The van der Waals surface area contributed by atoms with Gasteiger partial charge in [0, 0.05) is 6.20 Å². The monoisotopic (exact) mass is 288 g/mol. The molecule has 0 amide bonds. The van der Waals surface area contributed by atoms with E-state index in [0.29, 0.717) is 6.92 Å². The topological polar surface area (TPSA) is 59.1 Å². The van der Waals surface area contributed by atoms with Gasteiger partial charge in [0.25, 0.3) is 0 Å². The van der Waals surface area contributed by atoms with Crippen molar-refractivity contribution in [3.05, 3.63) is 23.5 Å². The molecule has 1 unspecified atom stereocenters. The molecule has 0 saturated carbocycles. The lowest BCUT2D eigenvalue weighted by Gasteiger charge is -2.16. The van der Waals surface area contributed by atoms with E-state index >= 15 is 0 Å². The Morgan fingerprint density at radius 1 is 1.41 bits per heavy atom. The van der Waals surface area contributed by atoms with Crippen molar-refractivity contribution in [3.8, 4) is 0 Å². The molecule has 0 aliphatic carbocycles. The molecule has 1 rings (SSSR count). The summed E-state index contributed by atoms with van der Waals surface area (Å²) in [6.45, 7) is 0.709. The number of nitrogens with one attached hydrogen (secondary N) is 1. The molecule has 0 saturated heterocycles. The average Bonchev–Trinajstić information content (AvgIpc) is 2.16. The van der Waals surface area contributed by atoms with Crippen LogP contribution in [0.1, 0.15) is 6.92 Å². The molecule has 0 aromatic carbocycles. The summed E-state index contributed by atoms with van der Waals surface area (Å²) in [6.07, 6.45) is -3.76. The third-order valence-corrected chi connectivity index (χ3v) is 3.58. The van der Waals surface area contributed by atoms with E-state index in [0.717, 1.165) is 12.3 Å². The quantitative estimate of drug-likeness (QED) is 0.865. The number of aromatic nitrogens is 1. The highest BCUT2D eigenvalue weighted by atomic mass is 35.5. The maximum atomic E-state index is 12.2. The van der Waals surface area contributed by atoms with Crippen molar-refractivity contribution in [3.63, 3.8) is 0 Å². The number of rotatable bonds is 3. The van der Waals surface area contributed by atoms with E-state index in [4.69, 9.17) is 11.6 Å². The largest absolute Gasteiger partial charge is 0.404 e. The van der Waals surface area contributed by atoms with Gasteiger partial charge in [-0.25, -0.2) is 13.4 Å². The smallest absolute Gasteiger partial charge is 0.243 e. The predicted octanol–water partition coefficient (Wildman–Crippen LogP) is 1.96. The van der Waals surface area contributed by atoms with Gasteiger partial charge < -0.3 is 0 Å². The molecule has 0 aliphatic heterocycles. The Hall–Kier alpha value is -0.860. The van der Waals surface area contributed by atoms with Crippen LogP contribution in [0.2, 0.25) is 5.15 Å². The molecule has 0 bridgehead atoms. The second-order valence-electron chi connectivity index (χ2n) is 3.20. The normalized spacial score (nSPS) is 14.6. The lowest BCUT2D eigenvalue weighted by atomic mass is 10.4. The molecule has 9 heteroatoms. The highest BCUT2D eigenvalue weighted by molar-refractivity contribution is 7.89. The van der Waals surface area contributed by atoms with Crippen molar-refractivity contribution in [2.24, 2.45) is 0 Å². The van der Waals surface area contributed by atoms with Crippen LogP contribution in [0, 0.1) is 0 Å². The van der Waals surface area contributed by atoms with E-state index in [1.807, 2.05) is 0 Å². The van der Waals surface area contributed by atoms with Crippen LogP contribution in [0.5, 0.6) is 0 Å². The third-order valence-electron chi connectivity index (χ3n) is 1.83. The highest BCUT2D eigenvalue weighted by Gasteiger charge is 2.38. The number of alkyl halides is 3. The Morgan fingerprint density at radius 2 is 2.00 bits per heavy atom. The molecule has 1 aromatic rings. The fraction of sp³-hybridized carbons (Fsp3) is 0.375. The molecule has 0 radical (unpaired) electrons. The van der Waals surface area contributed by atoms with Gasteiger partial charge in [-0.15, -0.1) is 0 Å². The van der Waals surface area contributed by atoms with E-state index in [9.17, 15) is 21.6 Å². The van der Waals surface area contributed by atoms with Gasteiger partial charge in [-0.2, -0.15) is 17.9 Å². The molecule has 1 aromatic heterocycles. The van der Waals surface area contributed by atoms with Crippen LogP contribution in [-0.2, 0) is 10.0 Å². The summed E-state index contributed by atoms with van der Waals surface area (Å²) in [5.74, 6) is 0. The van der Waals surface area contributed by atoms with Gasteiger partial charge in [-0.05, 0) is 19.1 Å². The predicted molar refractivity (Wildman–Crippen MR) is 55.1 cm³/mol. The second kappa shape index (κ2) is 4.79. The van der Waals surface area contributed by atoms with Gasteiger partial charge in [-0.1, -0.05) is 11.6 Å². The van der Waals surface area contributed by atoms with E-state index in [1.54, 1.807) is 0 Å². The van der Waals surface area contributed by atoms with Gasteiger partial charge >= 0.3 is 6.18 Å². The molecular weight excluding hydrogens is 281 g/mol. The fourth-order valence-corrected chi connectivity index (χ4v) is 2.17. The Kier molecular flexibility index (Phi) is 4.00. The third kappa shape index (κ3) is 3.83. The molecule has 1 atom stereocenters. The Morgan fingerprint density at radius 3 is 2.41 bits per heavy atom. The molecular formula is C8H8ClF3N2O2S. The zero-order valence-corrected chi connectivity index (χ0v) is 10.1. The number of pyridine rings is 1. The first kappa shape index (κ1) is 14.2. The van der Waals surface area contributed by atoms with Crippen LogP contribution >= 0.6 is 11.6 Å². The summed E-state index contributed by atoms with van der Waals surface area (Å²) >= 11 is 5.43. The summed E-state index contributed by atoms with van der Waals surface area (Å²) in [5.41, 5.74) is 0. The number of hydrogen-bond donors (Lipinski definition) is 1. The van der Waals surface area contributed by atoms with Gasteiger partial charge in [0.15, 0.2) is 0 Å². The Labute approximate surface area is 101 Å². The van der Waals surface area contributed by atoms with Crippen LogP contribution in [0.25, 0.3) is 0 Å². The first-order valence-corrected chi connectivity index (χ1v) is 6.19. The minimum Gasteiger partial charge on any atom is -0.243 e. The lowest BCUT2D eigenvalue weighted by Crippen LogP contribution is -2.42. The summed E-state index contributed by atoms with van der Waals surface area (Å²) in [7, 11) is -4.25. The van der Waals surface area contributed by atoms with E-state index in [1.165, 1.54) is 10.8 Å². The van der Waals surface area contributed by atoms with E-state index < -0.39 is 22.2 Å². The van der Waals surface area contributed by atoms with E-state index in [2.05, 4.69) is 4.98 Å². The maximum Gasteiger partial charge on any atom is 0.404 e. The lowest BCUT2D eigenvalue weighted by molar-refractivity contribution is -0.147. The highest BCUT2D eigenvalue weighted by Crippen LogP contribution is 2.21. The summed E-state index contributed by atoms with van der Waals surface area (Å²) in [6, 6.07) is 0.0676. The average molecular weight is 289 g/mol. The Balaban J connectivity index is 2.94. The van der Waals surface area contributed by atoms with Gasteiger partial charge in [0.2, 0.25) is 10.0 Å². The van der Waals surface area contributed by atoms with Crippen molar-refractivity contribution >= 4 is 21.6 Å². The van der Waals surface area contributed by atoms with Crippen molar-refractivity contribution in [1.82, 2.24) is 9.71 Å². The molecule has 1 N–H and O–H groups in total. The van der Waals surface area contributed by atoms with Crippen LogP contribution < -0.4 is 4.72 Å². The fourth-order valence-electron chi connectivity index (χ4n) is 0.889. The number of halogens is 4. The SMILES string of the molecule is CC(NS(=O)(=O)c1ccc(Cl)nc1)C(F)(F)F. The first-order chi connectivity index (χ1) is 7.63. The minimum absolute atomic E-state index is 0.0489. The summed E-state index contributed by atoms with van der Waals surface area (Å²) < 4.78 is 61.1. The number of sulfonamides is 1. The van der Waals surface area contributed by atoms with Crippen LogP contribution in [-0.4, -0.2) is 25.6 Å². The minimum atomic E-state index is -4.65. The van der Waals surface area contributed by atoms with Crippen LogP contribution in [0.3, 0.4) is 0 Å². The molecule has 1 heterocycles. The number of hydrogen-bond acceptors (Lipinski definition) is 3. The van der Waals surface area contributed by atoms with Crippen molar-refractivity contribution < 1.29 is 21.6 Å². The first-order valence-electron chi connectivity index (χ1n) is 4.33. The van der Waals surface area contributed by atoms with Crippen LogP contribution in [0.4, 0.5) is 13.2 Å². The van der Waals surface area contributed by atoms with Crippen molar-refractivity contribution in [1.29, 1.82) is 0 Å². The summed E-state index contributed by atoms with van der Waals surface area (Å²) in [5, 5.41) is 0.0489. The van der Waals surface area contributed by atoms with Gasteiger partial charge in [-0.3, -0.25) is 0 Å². The molecule has 17 heavy (non-hydrogen) atoms.